The van der Waals surface area contributed by atoms with Crippen molar-refractivity contribution in [3.05, 3.63) is 51.9 Å². The topological polar surface area (TPSA) is 79.5 Å². The van der Waals surface area contributed by atoms with E-state index in [-0.39, 0.29) is 11.0 Å². The van der Waals surface area contributed by atoms with Crippen LogP contribution in [0.15, 0.2) is 30.3 Å². The van der Waals surface area contributed by atoms with E-state index in [0.29, 0.717) is 16.3 Å². The van der Waals surface area contributed by atoms with E-state index in [4.69, 9.17) is 17.0 Å². The number of carbonyl (C=O) groups is 2. The summed E-state index contributed by atoms with van der Waals surface area (Å²) in [6, 6.07) is 9.94. The lowest BCUT2D eigenvalue weighted by Gasteiger charge is -2.11. The number of thioether (sulfide) groups is 1. The third kappa shape index (κ3) is 6.23. The van der Waals surface area contributed by atoms with E-state index in [9.17, 15) is 9.59 Å². The van der Waals surface area contributed by atoms with Crippen molar-refractivity contribution in [3.63, 3.8) is 0 Å². The van der Waals surface area contributed by atoms with Crippen molar-refractivity contribution in [2.24, 2.45) is 0 Å². The molecule has 1 heterocycles. The zero-order valence-electron chi connectivity index (χ0n) is 15.3. The Balaban J connectivity index is 1.80. The van der Waals surface area contributed by atoms with Gasteiger partial charge in [-0.2, -0.15) is 0 Å². The number of hydrogen-bond acceptors (Lipinski definition) is 6. The van der Waals surface area contributed by atoms with Crippen LogP contribution in [0.3, 0.4) is 0 Å². The monoisotopic (exact) mass is 423 g/mol. The molecule has 0 bridgehead atoms. The maximum Gasteiger partial charge on any atom is 0.341 e. The molecule has 0 atom stereocenters. The molecular weight excluding hydrogens is 402 g/mol. The van der Waals surface area contributed by atoms with Gasteiger partial charge < -0.3 is 10.1 Å². The van der Waals surface area contributed by atoms with E-state index in [1.165, 1.54) is 35.8 Å². The number of amides is 1. The van der Waals surface area contributed by atoms with Crippen molar-refractivity contribution >= 4 is 57.3 Å². The summed E-state index contributed by atoms with van der Waals surface area (Å²) < 4.78 is 4.82. The highest BCUT2D eigenvalue weighted by molar-refractivity contribution is 7.99. The average molecular weight is 424 g/mol. The Labute approximate surface area is 172 Å². The number of aryl methyl sites for hydroxylation is 1. The minimum atomic E-state index is -0.427. The second-order valence-corrected chi connectivity index (χ2v) is 8.20. The number of ether oxygens (including phenoxy) is 1. The molecule has 0 saturated carbocycles. The van der Waals surface area contributed by atoms with E-state index >= 15 is 0 Å². The molecule has 1 aromatic carbocycles. The van der Waals surface area contributed by atoms with Crippen molar-refractivity contribution in [1.82, 2.24) is 10.9 Å². The van der Waals surface area contributed by atoms with Crippen LogP contribution < -0.4 is 16.2 Å². The molecule has 0 spiro atoms. The summed E-state index contributed by atoms with van der Waals surface area (Å²) in [5.41, 5.74) is 7.67. The molecule has 144 valence electrons. The molecule has 0 aliphatic heterocycles. The maximum absolute atomic E-state index is 12.0. The van der Waals surface area contributed by atoms with Crippen molar-refractivity contribution < 1.29 is 14.3 Å². The summed E-state index contributed by atoms with van der Waals surface area (Å²) in [4.78, 5) is 24.9. The number of anilines is 1. The smallest absolute Gasteiger partial charge is 0.341 e. The average Bonchev–Trinajstić information content (AvgIpc) is 2.94. The minimum Gasteiger partial charge on any atom is -0.465 e. The van der Waals surface area contributed by atoms with Crippen LogP contribution in [0.4, 0.5) is 5.00 Å². The fourth-order valence-electron chi connectivity index (χ4n) is 2.20. The summed E-state index contributed by atoms with van der Waals surface area (Å²) in [7, 11) is 1.34. The fourth-order valence-corrected chi connectivity index (χ4v) is 4.25. The highest BCUT2D eigenvalue weighted by atomic mass is 32.2. The highest BCUT2D eigenvalue weighted by Gasteiger charge is 2.20. The van der Waals surface area contributed by atoms with Gasteiger partial charge in [0.2, 0.25) is 5.91 Å². The Kier molecular flexibility index (Phi) is 8.08. The lowest BCUT2D eigenvalue weighted by molar-refractivity contribution is -0.119. The number of hydrogen-bond donors (Lipinski definition) is 3. The predicted molar refractivity (Wildman–Crippen MR) is 115 cm³/mol. The third-order valence-electron chi connectivity index (χ3n) is 3.66. The Bertz CT molecular complexity index is 822. The Morgan fingerprint density at radius 1 is 1.19 bits per heavy atom. The molecule has 6 nitrogen and oxygen atoms in total. The lowest BCUT2D eigenvalue weighted by Crippen LogP contribution is -2.44. The van der Waals surface area contributed by atoms with Crippen LogP contribution in [0.2, 0.25) is 0 Å². The largest absolute Gasteiger partial charge is 0.465 e. The van der Waals surface area contributed by atoms with Crippen molar-refractivity contribution in [1.29, 1.82) is 0 Å². The van der Waals surface area contributed by atoms with Crippen molar-refractivity contribution in [2.75, 3.05) is 18.2 Å². The van der Waals surface area contributed by atoms with Crippen LogP contribution in [0, 0.1) is 13.8 Å². The first kappa shape index (κ1) is 21.2. The number of thiocarbonyl (C=S) groups is 1. The number of rotatable bonds is 6. The molecule has 2 rings (SSSR count). The van der Waals surface area contributed by atoms with E-state index in [0.717, 1.165) is 16.2 Å². The van der Waals surface area contributed by atoms with Crippen LogP contribution in [-0.2, 0) is 15.3 Å². The highest BCUT2D eigenvalue weighted by Crippen LogP contribution is 2.32. The summed E-state index contributed by atoms with van der Waals surface area (Å²) >= 11 is 8.10. The number of methoxy groups -OCH3 is 1. The Hall–Kier alpha value is -2.10. The molecule has 0 radical (unpaired) electrons. The van der Waals surface area contributed by atoms with Crippen LogP contribution in [-0.4, -0.2) is 29.9 Å². The molecule has 1 amide bonds. The SMILES string of the molecule is COC(=O)c1c(NC(=S)NNC(=O)CSCc2ccccc2)sc(C)c1C. The van der Waals surface area contributed by atoms with Gasteiger partial charge in [-0.05, 0) is 37.2 Å². The fraction of sp³-hybridized carbons (Fsp3) is 0.278. The van der Waals surface area contributed by atoms with Crippen LogP contribution >= 0.6 is 35.3 Å². The molecule has 2 aromatic rings. The zero-order valence-corrected chi connectivity index (χ0v) is 17.7. The van der Waals surface area contributed by atoms with Crippen LogP contribution in [0.25, 0.3) is 0 Å². The molecule has 1 aromatic heterocycles. The molecule has 0 aliphatic rings. The zero-order chi connectivity index (χ0) is 19.8. The number of thiophene rings is 1. The van der Waals surface area contributed by atoms with Gasteiger partial charge in [-0.1, -0.05) is 30.3 Å². The number of esters is 1. The number of benzene rings is 1. The van der Waals surface area contributed by atoms with Gasteiger partial charge in [-0.3, -0.25) is 15.6 Å². The van der Waals surface area contributed by atoms with Crippen LogP contribution in [0.5, 0.6) is 0 Å². The molecule has 0 saturated heterocycles. The maximum atomic E-state index is 12.0. The van der Waals surface area contributed by atoms with Gasteiger partial charge in [-0.25, -0.2) is 4.79 Å². The van der Waals surface area contributed by atoms with Crippen molar-refractivity contribution in [3.8, 4) is 0 Å². The first-order valence-corrected chi connectivity index (χ1v) is 10.5. The quantitative estimate of drug-likeness (QED) is 0.373. The van der Waals surface area contributed by atoms with Gasteiger partial charge in [0.15, 0.2) is 5.11 Å². The first-order valence-electron chi connectivity index (χ1n) is 8.08. The number of hydrazine groups is 1. The first-order chi connectivity index (χ1) is 12.9. The van der Waals surface area contributed by atoms with E-state index in [1.807, 2.05) is 44.2 Å². The van der Waals surface area contributed by atoms with Gasteiger partial charge in [0, 0.05) is 10.6 Å². The third-order valence-corrected chi connectivity index (χ3v) is 5.99. The molecule has 27 heavy (non-hydrogen) atoms. The van der Waals surface area contributed by atoms with Crippen molar-refractivity contribution in [2.45, 2.75) is 19.6 Å². The molecule has 0 unspecified atom stereocenters. The van der Waals surface area contributed by atoms with E-state index in [1.54, 1.807) is 0 Å². The van der Waals surface area contributed by atoms with E-state index < -0.39 is 5.97 Å². The predicted octanol–water partition coefficient (Wildman–Crippen LogP) is 3.40. The van der Waals surface area contributed by atoms with Gasteiger partial charge in [0.1, 0.15) is 5.00 Å². The second kappa shape index (κ2) is 10.3. The Morgan fingerprint density at radius 2 is 1.89 bits per heavy atom. The summed E-state index contributed by atoms with van der Waals surface area (Å²) in [5.74, 6) is 0.442. The Morgan fingerprint density at radius 3 is 2.56 bits per heavy atom. The van der Waals surface area contributed by atoms with Gasteiger partial charge >= 0.3 is 5.97 Å². The number of carbonyl (C=O) groups excluding carboxylic acids is 2. The second-order valence-electron chi connectivity index (χ2n) is 5.58. The molecule has 3 N–H and O–H groups in total. The summed E-state index contributed by atoms with van der Waals surface area (Å²) in [5, 5.41) is 3.72. The molecular formula is C18H21N3O3S3. The molecule has 9 heteroatoms. The standard InChI is InChI=1S/C18H21N3O3S3/c1-11-12(2)27-16(15(11)17(23)24-3)19-18(25)21-20-14(22)10-26-9-13-7-5-4-6-8-13/h4-8H,9-10H2,1-3H3,(H,20,22)(H2,19,21,25). The van der Waals surface area contributed by atoms with Gasteiger partial charge in [0.25, 0.3) is 0 Å². The van der Waals surface area contributed by atoms with Gasteiger partial charge in [-0.15, -0.1) is 23.1 Å². The lowest BCUT2D eigenvalue weighted by atomic mass is 10.1. The molecule has 0 aliphatic carbocycles. The van der Waals surface area contributed by atoms with Crippen LogP contribution in [0.1, 0.15) is 26.4 Å². The summed E-state index contributed by atoms with van der Waals surface area (Å²) in [6.45, 7) is 3.77. The number of nitrogens with one attached hydrogen (secondary N) is 3. The minimum absolute atomic E-state index is 0.188. The van der Waals surface area contributed by atoms with Gasteiger partial charge in [0.05, 0.1) is 18.4 Å². The van der Waals surface area contributed by atoms with E-state index in [2.05, 4.69) is 16.2 Å². The normalized spacial score (nSPS) is 10.2. The summed E-state index contributed by atoms with van der Waals surface area (Å²) in [6.07, 6.45) is 0. The molecule has 0 fully saturated rings.